The first kappa shape index (κ1) is 25.7. The highest BCUT2D eigenvalue weighted by Gasteiger charge is 2.31. The Kier molecular flexibility index (Phi) is 8.00. The van der Waals surface area contributed by atoms with Crippen molar-refractivity contribution in [3.05, 3.63) is 64.1 Å². The molecular formula is C26H30ClFN2O4. The van der Waals surface area contributed by atoms with E-state index in [0.717, 1.165) is 22.5 Å². The molecule has 0 aliphatic carbocycles. The molecule has 0 bridgehead atoms. The number of aliphatic hydroxyl groups is 1. The molecule has 0 spiro atoms. The Balaban J connectivity index is 1.79. The Morgan fingerprint density at radius 3 is 2.59 bits per heavy atom. The summed E-state index contributed by atoms with van der Waals surface area (Å²) in [5, 5.41) is 11.9. The monoisotopic (exact) mass is 488 g/mol. The molecule has 3 rings (SSSR count). The van der Waals surface area contributed by atoms with Gasteiger partial charge in [0, 0.05) is 35.3 Å². The first-order valence-electron chi connectivity index (χ1n) is 11.0. The zero-order chi connectivity index (χ0) is 25.0. The standard InChI is InChI=1S/C26H30ClFN2O4/c1-16-6-7-19(14-20(16)27)24-17(2)30(4)25(29-24)26(3,32)11-10-21(31)18-8-9-22(34-13-12-28)23(15-18)33-5/h6-9,14-15,32H,10-13H2,1-5H3. The van der Waals surface area contributed by atoms with Crippen molar-refractivity contribution < 1.29 is 23.8 Å². The molecule has 0 aliphatic rings. The van der Waals surface area contributed by atoms with Crippen LogP contribution in [0.4, 0.5) is 4.39 Å². The van der Waals surface area contributed by atoms with E-state index in [2.05, 4.69) is 0 Å². The highest BCUT2D eigenvalue weighted by Crippen LogP contribution is 2.33. The van der Waals surface area contributed by atoms with Crippen LogP contribution in [0, 0.1) is 13.8 Å². The molecule has 1 unspecified atom stereocenters. The molecule has 3 aromatic rings. The van der Waals surface area contributed by atoms with Crippen LogP contribution < -0.4 is 9.47 Å². The topological polar surface area (TPSA) is 73.6 Å². The average molecular weight is 489 g/mol. The van der Waals surface area contributed by atoms with Gasteiger partial charge in [0.2, 0.25) is 0 Å². The third-order valence-corrected chi connectivity index (χ3v) is 6.37. The lowest BCUT2D eigenvalue weighted by Crippen LogP contribution is -2.26. The molecule has 0 aliphatic heterocycles. The number of aryl methyl sites for hydroxylation is 1. The van der Waals surface area contributed by atoms with E-state index in [-0.39, 0.29) is 25.2 Å². The molecule has 0 saturated carbocycles. The van der Waals surface area contributed by atoms with Crippen LogP contribution in [-0.2, 0) is 12.6 Å². The van der Waals surface area contributed by atoms with Crippen molar-refractivity contribution in [3.8, 4) is 22.8 Å². The second kappa shape index (κ2) is 10.6. The van der Waals surface area contributed by atoms with E-state index in [4.69, 9.17) is 26.1 Å². The van der Waals surface area contributed by atoms with E-state index in [1.54, 1.807) is 25.1 Å². The van der Waals surface area contributed by atoms with E-state index in [1.165, 1.54) is 7.11 Å². The van der Waals surface area contributed by atoms with E-state index in [0.29, 0.717) is 27.9 Å². The average Bonchev–Trinajstić information content (AvgIpc) is 3.13. The third-order valence-electron chi connectivity index (χ3n) is 5.97. The summed E-state index contributed by atoms with van der Waals surface area (Å²) in [5.74, 6) is 1.03. The molecule has 0 radical (unpaired) electrons. The zero-order valence-electron chi connectivity index (χ0n) is 20.1. The van der Waals surface area contributed by atoms with Crippen LogP contribution in [0.2, 0.25) is 5.02 Å². The number of methoxy groups -OCH3 is 1. The van der Waals surface area contributed by atoms with Gasteiger partial charge in [-0.2, -0.15) is 0 Å². The van der Waals surface area contributed by atoms with Gasteiger partial charge < -0.3 is 19.1 Å². The number of carbonyl (C=O) groups excluding carboxylic acids is 1. The van der Waals surface area contributed by atoms with Gasteiger partial charge in [0.1, 0.15) is 24.7 Å². The molecule has 0 amide bonds. The largest absolute Gasteiger partial charge is 0.493 e. The molecule has 8 heteroatoms. The summed E-state index contributed by atoms with van der Waals surface area (Å²) in [6.07, 6.45) is 0.269. The van der Waals surface area contributed by atoms with Crippen LogP contribution in [0.3, 0.4) is 0 Å². The number of ether oxygens (including phenoxy) is 2. The Labute approximate surface area is 204 Å². The number of alkyl halides is 1. The maximum Gasteiger partial charge on any atom is 0.163 e. The maximum absolute atomic E-state index is 12.9. The number of hydrogen-bond donors (Lipinski definition) is 1. The van der Waals surface area contributed by atoms with Gasteiger partial charge in [0.25, 0.3) is 0 Å². The van der Waals surface area contributed by atoms with Gasteiger partial charge in [0.15, 0.2) is 17.3 Å². The molecule has 6 nitrogen and oxygen atoms in total. The number of benzene rings is 2. The van der Waals surface area contributed by atoms with Gasteiger partial charge in [-0.3, -0.25) is 4.79 Å². The van der Waals surface area contributed by atoms with Crippen LogP contribution in [0.15, 0.2) is 36.4 Å². The summed E-state index contributed by atoms with van der Waals surface area (Å²) in [5.41, 5.74) is 2.55. The third kappa shape index (κ3) is 5.42. The van der Waals surface area contributed by atoms with Crippen molar-refractivity contribution in [3.63, 3.8) is 0 Å². The molecule has 0 fully saturated rings. The quantitative estimate of drug-likeness (QED) is 0.377. The van der Waals surface area contributed by atoms with Gasteiger partial charge in [-0.05, 0) is 57.0 Å². The number of aromatic nitrogens is 2. The van der Waals surface area contributed by atoms with E-state index in [9.17, 15) is 14.3 Å². The Bertz CT molecular complexity index is 1190. The number of hydrogen-bond acceptors (Lipinski definition) is 5. The van der Waals surface area contributed by atoms with Gasteiger partial charge in [-0.15, -0.1) is 0 Å². The number of carbonyl (C=O) groups is 1. The van der Waals surface area contributed by atoms with E-state index >= 15 is 0 Å². The molecule has 182 valence electrons. The minimum atomic E-state index is -1.34. The Hall–Kier alpha value is -2.90. The predicted octanol–water partition coefficient (Wildman–Crippen LogP) is 5.58. The minimum Gasteiger partial charge on any atom is -0.493 e. The highest BCUT2D eigenvalue weighted by atomic mass is 35.5. The van der Waals surface area contributed by atoms with Crippen LogP contribution in [0.5, 0.6) is 11.5 Å². The second-order valence-electron chi connectivity index (χ2n) is 8.49. The van der Waals surface area contributed by atoms with Crippen molar-refractivity contribution >= 4 is 17.4 Å². The van der Waals surface area contributed by atoms with Crippen LogP contribution in [-0.4, -0.2) is 40.8 Å². The van der Waals surface area contributed by atoms with Gasteiger partial charge in [-0.25, -0.2) is 9.37 Å². The molecule has 0 saturated heterocycles. The Morgan fingerprint density at radius 2 is 1.94 bits per heavy atom. The number of nitrogens with zero attached hydrogens (tertiary/aromatic N) is 2. The lowest BCUT2D eigenvalue weighted by molar-refractivity contribution is 0.0328. The predicted molar refractivity (Wildman–Crippen MR) is 131 cm³/mol. The van der Waals surface area contributed by atoms with Crippen LogP contribution in [0.1, 0.15) is 47.2 Å². The fourth-order valence-corrected chi connectivity index (χ4v) is 3.98. The van der Waals surface area contributed by atoms with Gasteiger partial charge in [0.05, 0.1) is 12.8 Å². The fraction of sp³-hybridized carbons (Fsp3) is 0.385. The molecule has 1 atom stereocenters. The summed E-state index contributed by atoms with van der Waals surface area (Å²) >= 11 is 6.30. The molecule has 34 heavy (non-hydrogen) atoms. The number of imidazole rings is 1. The fourth-order valence-electron chi connectivity index (χ4n) is 3.80. The highest BCUT2D eigenvalue weighted by molar-refractivity contribution is 6.31. The maximum atomic E-state index is 12.9. The molecule has 1 N–H and O–H groups in total. The van der Waals surface area contributed by atoms with E-state index < -0.39 is 12.3 Å². The summed E-state index contributed by atoms with van der Waals surface area (Å²) in [6, 6.07) is 10.5. The summed E-state index contributed by atoms with van der Waals surface area (Å²) in [7, 11) is 3.30. The van der Waals surface area contributed by atoms with Gasteiger partial charge in [-0.1, -0.05) is 23.7 Å². The lowest BCUT2D eigenvalue weighted by Gasteiger charge is -2.22. The summed E-state index contributed by atoms with van der Waals surface area (Å²) in [4.78, 5) is 17.6. The zero-order valence-corrected chi connectivity index (χ0v) is 20.9. The van der Waals surface area contributed by atoms with Crippen LogP contribution >= 0.6 is 11.6 Å². The normalized spacial score (nSPS) is 12.9. The molecular weight excluding hydrogens is 459 g/mol. The summed E-state index contributed by atoms with van der Waals surface area (Å²) < 4.78 is 24.8. The van der Waals surface area contributed by atoms with Crippen molar-refractivity contribution in [2.24, 2.45) is 7.05 Å². The summed E-state index contributed by atoms with van der Waals surface area (Å²) in [6.45, 7) is 4.81. The van der Waals surface area contributed by atoms with Gasteiger partial charge >= 0.3 is 0 Å². The SMILES string of the molecule is COc1cc(C(=O)CCC(C)(O)c2nc(-c3ccc(C)c(Cl)c3)c(C)n2C)ccc1OCCF. The number of rotatable bonds is 10. The Morgan fingerprint density at radius 1 is 1.21 bits per heavy atom. The minimum absolute atomic E-state index is 0.0909. The number of Topliss-reactive ketones (excluding diaryl/α,β-unsaturated/α-hetero) is 1. The number of ketones is 1. The van der Waals surface area contributed by atoms with Crippen molar-refractivity contribution in [2.45, 2.75) is 39.2 Å². The van der Waals surface area contributed by atoms with Crippen molar-refractivity contribution in [2.75, 3.05) is 20.4 Å². The van der Waals surface area contributed by atoms with Crippen molar-refractivity contribution in [1.82, 2.24) is 9.55 Å². The smallest absolute Gasteiger partial charge is 0.163 e. The molecule has 1 heterocycles. The van der Waals surface area contributed by atoms with Crippen molar-refractivity contribution in [1.29, 1.82) is 0 Å². The molecule has 2 aromatic carbocycles. The van der Waals surface area contributed by atoms with Crippen LogP contribution in [0.25, 0.3) is 11.3 Å². The van der Waals surface area contributed by atoms with E-state index in [1.807, 2.05) is 43.7 Å². The second-order valence-corrected chi connectivity index (χ2v) is 8.90. The molecule has 1 aromatic heterocycles. The first-order valence-corrected chi connectivity index (χ1v) is 11.4. The number of halogens is 2. The first-order chi connectivity index (χ1) is 16.1. The lowest BCUT2D eigenvalue weighted by atomic mass is 9.95.